The van der Waals surface area contributed by atoms with Crippen LogP contribution in [0, 0.1) is 5.92 Å². The van der Waals surface area contributed by atoms with Crippen LogP contribution in [0.3, 0.4) is 0 Å². The minimum atomic E-state index is -0.787. The summed E-state index contributed by atoms with van der Waals surface area (Å²) in [7, 11) is 1.26. The zero-order chi connectivity index (χ0) is 26.9. The van der Waals surface area contributed by atoms with Crippen LogP contribution in [0.25, 0.3) is 6.08 Å². The summed E-state index contributed by atoms with van der Waals surface area (Å²) in [5.41, 5.74) is 3.97. The molecule has 2 aromatic carbocycles. The second-order valence-corrected chi connectivity index (χ2v) is 9.40. The van der Waals surface area contributed by atoms with Crippen molar-refractivity contribution < 1.29 is 33.5 Å². The van der Waals surface area contributed by atoms with E-state index in [1.54, 1.807) is 26.0 Å². The van der Waals surface area contributed by atoms with Gasteiger partial charge in [-0.1, -0.05) is 56.3 Å². The molecule has 0 spiro atoms. The van der Waals surface area contributed by atoms with Crippen LogP contribution in [0.5, 0.6) is 0 Å². The van der Waals surface area contributed by atoms with Gasteiger partial charge in [-0.25, -0.2) is 10.3 Å². The summed E-state index contributed by atoms with van der Waals surface area (Å²) >= 11 is 0.714. The Morgan fingerprint density at radius 3 is 2.32 bits per heavy atom. The lowest BCUT2D eigenvalue weighted by atomic mass is 10.0. The summed E-state index contributed by atoms with van der Waals surface area (Å²) in [5, 5.41) is 2.07. The Hall–Kier alpha value is -3.96. The summed E-state index contributed by atoms with van der Waals surface area (Å²) in [6, 6.07) is 14.7. The molecule has 194 valence electrons. The number of hydroxylamine groups is 1. The van der Waals surface area contributed by atoms with E-state index in [9.17, 15) is 24.0 Å². The lowest BCUT2D eigenvalue weighted by molar-refractivity contribution is -0.144. The molecule has 1 heterocycles. The summed E-state index contributed by atoms with van der Waals surface area (Å²) in [4.78, 5) is 67.7. The normalized spacial score (nSPS) is 15.1. The molecular weight excluding hydrogens is 498 g/mol. The summed E-state index contributed by atoms with van der Waals surface area (Å²) < 4.78 is 4.73. The number of thioether (sulfide) groups is 1. The average molecular weight is 526 g/mol. The first-order valence-corrected chi connectivity index (χ1v) is 12.2. The Balaban J connectivity index is 1.57. The number of carbonyl (C=O) groups is 5. The second kappa shape index (κ2) is 12.8. The van der Waals surface area contributed by atoms with Crippen LogP contribution in [0.4, 0.5) is 4.79 Å². The number of imide groups is 1. The molecule has 10 nitrogen and oxygen atoms in total. The molecule has 1 saturated heterocycles. The number of benzene rings is 2. The van der Waals surface area contributed by atoms with Crippen LogP contribution in [-0.4, -0.2) is 53.5 Å². The molecule has 11 heteroatoms. The fourth-order valence-electron chi connectivity index (χ4n) is 3.32. The summed E-state index contributed by atoms with van der Waals surface area (Å²) in [5.74, 6) is -2.39. The van der Waals surface area contributed by atoms with Crippen molar-refractivity contribution in [1.29, 1.82) is 0 Å². The molecule has 1 atom stereocenters. The number of hydrogen-bond donors (Lipinski definition) is 2. The summed E-state index contributed by atoms with van der Waals surface area (Å²) in [6.45, 7) is 3.25. The highest BCUT2D eigenvalue weighted by Gasteiger charge is 2.36. The van der Waals surface area contributed by atoms with Crippen molar-refractivity contribution in [3.63, 3.8) is 0 Å². The van der Waals surface area contributed by atoms with Crippen molar-refractivity contribution in [1.82, 2.24) is 15.7 Å². The lowest BCUT2D eigenvalue weighted by Crippen LogP contribution is -2.45. The fourth-order valence-corrected chi connectivity index (χ4v) is 4.16. The van der Waals surface area contributed by atoms with Crippen LogP contribution in [0.1, 0.15) is 35.3 Å². The van der Waals surface area contributed by atoms with Crippen LogP contribution >= 0.6 is 11.8 Å². The van der Waals surface area contributed by atoms with E-state index in [-0.39, 0.29) is 17.4 Å². The molecule has 1 aliphatic heterocycles. The van der Waals surface area contributed by atoms with Gasteiger partial charge in [0.05, 0.1) is 18.6 Å². The zero-order valence-electron chi connectivity index (χ0n) is 20.6. The number of hydrogen-bond acceptors (Lipinski definition) is 8. The van der Waals surface area contributed by atoms with E-state index >= 15 is 0 Å². The first-order chi connectivity index (χ1) is 17.7. The van der Waals surface area contributed by atoms with Gasteiger partial charge in [0.1, 0.15) is 12.6 Å². The lowest BCUT2D eigenvalue weighted by Gasteiger charge is -2.19. The van der Waals surface area contributed by atoms with Gasteiger partial charge in [-0.15, -0.1) is 0 Å². The Bertz CT molecular complexity index is 1200. The molecular formula is C26H27N3O7S. The maximum absolute atomic E-state index is 12.7. The predicted octanol–water partition coefficient (Wildman–Crippen LogP) is 2.90. The summed E-state index contributed by atoms with van der Waals surface area (Å²) in [6.07, 6.45) is 1.50. The van der Waals surface area contributed by atoms with E-state index in [0.717, 1.165) is 10.5 Å². The molecule has 37 heavy (non-hydrogen) atoms. The van der Waals surface area contributed by atoms with Gasteiger partial charge in [-0.3, -0.25) is 28.9 Å². The standard InChI is InChI=1S/C26H27N3O7S/c1-16(2)22(25(33)35-3)27-23(31)19-11-9-17(10-12-19)13-20-24(32)29(26(34)37-20)14-21(30)28-36-15-18-7-5-4-6-8-18/h4-13,16,22H,14-15H2,1-3H3,(H,27,31)(H,28,30)/b20-13-/t22-/m0/s1. The van der Waals surface area contributed by atoms with Crippen molar-refractivity contribution in [3.05, 3.63) is 76.2 Å². The van der Waals surface area contributed by atoms with Crippen LogP contribution in [-0.2, 0) is 30.6 Å². The molecule has 0 radical (unpaired) electrons. The molecule has 1 aliphatic rings. The molecule has 2 N–H and O–H groups in total. The molecule has 0 bridgehead atoms. The molecule has 0 unspecified atom stereocenters. The SMILES string of the molecule is COC(=O)[C@@H](NC(=O)c1ccc(/C=C2\SC(=O)N(CC(=O)NOCc3ccccc3)C2=O)cc1)C(C)C. The maximum atomic E-state index is 12.7. The minimum Gasteiger partial charge on any atom is -0.467 e. The van der Waals surface area contributed by atoms with Crippen molar-refractivity contribution in [2.24, 2.45) is 5.92 Å². The number of methoxy groups -OCH3 is 1. The number of ether oxygens (including phenoxy) is 1. The molecule has 0 aromatic heterocycles. The molecule has 3 rings (SSSR count). The molecule has 0 saturated carbocycles. The number of nitrogens with one attached hydrogen (secondary N) is 2. The maximum Gasteiger partial charge on any atom is 0.328 e. The van der Waals surface area contributed by atoms with Gasteiger partial charge < -0.3 is 10.1 Å². The van der Waals surface area contributed by atoms with E-state index in [1.807, 2.05) is 30.3 Å². The Labute approximate surface area is 218 Å². The molecule has 0 aliphatic carbocycles. The number of nitrogens with zero attached hydrogens (tertiary/aromatic N) is 1. The highest BCUT2D eigenvalue weighted by atomic mass is 32.2. The van der Waals surface area contributed by atoms with E-state index in [0.29, 0.717) is 22.9 Å². The van der Waals surface area contributed by atoms with Gasteiger partial charge in [-0.2, -0.15) is 0 Å². The Morgan fingerprint density at radius 2 is 1.70 bits per heavy atom. The quantitative estimate of drug-likeness (QED) is 0.275. The van der Waals surface area contributed by atoms with Crippen molar-refractivity contribution in [2.45, 2.75) is 26.5 Å². The van der Waals surface area contributed by atoms with Gasteiger partial charge in [-0.05, 0) is 47.0 Å². The largest absolute Gasteiger partial charge is 0.467 e. The first kappa shape index (κ1) is 27.6. The zero-order valence-corrected chi connectivity index (χ0v) is 21.4. The fraction of sp³-hybridized carbons (Fsp3) is 0.269. The van der Waals surface area contributed by atoms with Gasteiger partial charge in [0, 0.05) is 5.56 Å². The smallest absolute Gasteiger partial charge is 0.328 e. The minimum absolute atomic E-state index is 0.142. The Kier molecular flexibility index (Phi) is 9.58. The van der Waals surface area contributed by atoms with E-state index in [4.69, 9.17) is 9.57 Å². The highest BCUT2D eigenvalue weighted by Crippen LogP contribution is 2.32. The number of esters is 1. The predicted molar refractivity (Wildman–Crippen MR) is 137 cm³/mol. The molecule has 4 amide bonds. The Morgan fingerprint density at radius 1 is 1.03 bits per heavy atom. The van der Waals surface area contributed by atoms with E-state index < -0.39 is 41.5 Å². The van der Waals surface area contributed by atoms with Crippen LogP contribution in [0.2, 0.25) is 0 Å². The molecule has 1 fully saturated rings. The van der Waals surface area contributed by atoms with Gasteiger partial charge in [0.2, 0.25) is 0 Å². The molecule has 2 aromatic rings. The third kappa shape index (κ3) is 7.51. The average Bonchev–Trinajstić information content (AvgIpc) is 3.14. The first-order valence-electron chi connectivity index (χ1n) is 11.4. The topological polar surface area (TPSA) is 131 Å². The number of rotatable bonds is 10. The second-order valence-electron chi connectivity index (χ2n) is 8.41. The van der Waals surface area contributed by atoms with Gasteiger partial charge in [0.25, 0.3) is 23.0 Å². The monoisotopic (exact) mass is 525 g/mol. The van der Waals surface area contributed by atoms with Crippen molar-refractivity contribution in [3.8, 4) is 0 Å². The van der Waals surface area contributed by atoms with Crippen LogP contribution in [0.15, 0.2) is 59.5 Å². The van der Waals surface area contributed by atoms with Crippen molar-refractivity contribution in [2.75, 3.05) is 13.7 Å². The third-order valence-electron chi connectivity index (χ3n) is 5.32. The highest BCUT2D eigenvalue weighted by molar-refractivity contribution is 8.18. The van der Waals surface area contributed by atoms with Gasteiger partial charge in [0.15, 0.2) is 0 Å². The van der Waals surface area contributed by atoms with Crippen molar-refractivity contribution >= 4 is 46.8 Å². The van der Waals surface area contributed by atoms with Gasteiger partial charge >= 0.3 is 5.97 Å². The van der Waals surface area contributed by atoms with E-state index in [2.05, 4.69) is 10.8 Å². The number of carbonyl (C=O) groups excluding carboxylic acids is 5. The number of amides is 4. The third-order valence-corrected chi connectivity index (χ3v) is 6.23. The van der Waals surface area contributed by atoms with Crippen LogP contribution < -0.4 is 10.8 Å². The van der Waals surface area contributed by atoms with E-state index in [1.165, 1.54) is 25.3 Å².